The summed E-state index contributed by atoms with van der Waals surface area (Å²) < 4.78 is 71.9. The topological polar surface area (TPSA) is 52.6 Å². The molecule has 154 valence electrons. The third-order valence-electron chi connectivity index (χ3n) is 8.08. The van der Waals surface area contributed by atoms with Crippen molar-refractivity contribution in [3.63, 3.8) is 0 Å². The highest BCUT2D eigenvalue weighted by Gasteiger charge is 2.60. The third kappa shape index (κ3) is 2.84. The molecule has 1 saturated heterocycles. The van der Waals surface area contributed by atoms with Gasteiger partial charge >= 0.3 is 15.6 Å². The number of allylic oxidation sites excluding steroid dienone is 2. The van der Waals surface area contributed by atoms with Gasteiger partial charge in [-0.15, -0.1) is 0 Å². The molecule has 0 aromatic heterocycles. The second-order valence-electron chi connectivity index (χ2n) is 9.24. The van der Waals surface area contributed by atoms with Gasteiger partial charge in [-0.1, -0.05) is 13.8 Å². The monoisotopic (exact) mass is 408 g/mol. The summed E-state index contributed by atoms with van der Waals surface area (Å²) in [5, 5.41) is 0. The molecule has 0 aromatic rings. The molecule has 0 spiro atoms. The fourth-order valence-electron chi connectivity index (χ4n) is 6.57. The lowest BCUT2D eigenvalue weighted by atomic mass is 9.47. The van der Waals surface area contributed by atoms with E-state index in [9.17, 15) is 21.6 Å². The third-order valence-corrected chi connectivity index (χ3v) is 9.05. The zero-order valence-corrected chi connectivity index (χ0v) is 16.5. The number of halogens is 3. The van der Waals surface area contributed by atoms with Crippen LogP contribution in [0.25, 0.3) is 0 Å². The number of rotatable bonds is 2. The van der Waals surface area contributed by atoms with Crippen LogP contribution in [0.5, 0.6) is 0 Å². The second kappa shape index (κ2) is 6.12. The average Bonchev–Trinajstić information content (AvgIpc) is 2.89. The van der Waals surface area contributed by atoms with E-state index >= 15 is 0 Å². The van der Waals surface area contributed by atoms with Gasteiger partial charge < -0.3 is 8.92 Å². The minimum Gasteiger partial charge on any atom is -0.381 e. The zero-order valence-electron chi connectivity index (χ0n) is 15.7. The van der Waals surface area contributed by atoms with Crippen LogP contribution in [0, 0.1) is 34.5 Å². The summed E-state index contributed by atoms with van der Waals surface area (Å²) in [6.45, 7) is 5.75. The highest BCUT2D eigenvalue weighted by molar-refractivity contribution is 7.87. The SMILES string of the molecule is C[C@]12COCC[C@@H]1CC[C@@H]1[C@@H]2CC[C@]2(C)C(OS(=O)(=O)C(F)(F)F)=CC[C@@H]12. The van der Waals surface area contributed by atoms with Crippen LogP contribution in [-0.2, 0) is 19.0 Å². The highest BCUT2D eigenvalue weighted by Crippen LogP contribution is 2.65. The minimum absolute atomic E-state index is 0.00422. The van der Waals surface area contributed by atoms with Crippen LogP contribution >= 0.6 is 0 Å². The maximum Gasteiger partial charge on any atom is 0.534 e. The van der Waals surface area contributed by atoms with E-state index < -0.39 is 21.0 Å². The Labute approximate surface area is 158 Å². The van der Waals surface area contributed by atoms with Crippen molar-refractivity contribution >= 4 is 10.1 Å². The van der Waals surface area contributed by atoms with Crippen molar-refractivity contribution in [1.82, 2.24) is 0 Å². The summed E-state index contributed by atoms with van der Waals surface area (Å²) in [4.78, 5) is 0. The minimum atomic E-state index is -5.62. The molecule has 3 aliphatic carbocycles. The van der Waals surface area contributed by atoms with E-state index in [-0.39, 0.29) is 17.1 Å². The molecule has 3 fully saturated rings. The largest absolute Gasteiger partial charge is 0.534 e. The molecule has 1 aliphatic heterocycles. The Morgan fingerprint density at radius 3 is 2.59 bits per heavy atom. The first-order valence-electron chi connectivity index (χ1n) is 9.78. The number of hydrogen-bond acceptors (Lipinski definition) is 4. The molecule has 4 rings (SSSR count). The van der Waals surface area contributed by atoms with E-state index in [1.807, 2.05) is 6.92 Å². The fourth-order valence-corrected chi connectivity index (χ4v) is 7.16. The molecule has 4 aliphatic rings. The molecule has 0 amide bonds. The number of ether oxygens (including phenoxy) is 1. The van der Waals surface area contributed by atoms with E-state index in [1.54, 1.807) is 6.08 Å². The first-order valence-corrected chi connectivity index (χ1v) is 11.2. The van der Waals surface area contributed by atoms with Crippen molar-refractivity contribution in [3.05, 3.63) is 11.8 Å². The molecule has 6 atom stereocenters. The van der Waals surface area contributed by atoms with Gasteiger partial charge in [0.2, 0.25) is 0 Å². The number of fused-ring (bicyclic) bond motifs is 5. The Balaban J connectivity index is 1.58. The van der Waals surface area contributed by atoms with Gasteiger partial charge in [-0.3, -0.25) is 0 Å². The molecule has 27 heavy (non-hydrogen) atoms. The maximum absolute atomic E-state index is 12.8. The van der Waals surface area contributed by atoms with Gasteiger partial charge in [0.05, 0.1) is 6.61 Å². The summed E-state index contributed by atoms with van der Waals surface area (Å²) in [6.07, 6.45) is 6.95. The molecular weight excluding hydrogens is 381 g/mol. The van der Waals surface area contributed by atoms with E-state index in [1.165, 1.54) is 0 Å². The first kappa shape index (κ1) is 19.6. The molecule has 0 unspecified atom stereocenters. The maximum atomic E-state index is 12.8. The van der Waals surface area contributed by atoms with Crippen LogP contribution in [0.15, 0.2) is 11.8 Å². The lowest BCUT2D eigenvalue weighted by Crippen LogP contribution is -2.55. The fraction of sp³-hybridized carbons (Fsp3) is 0.895. The van der Waals surface area contributed by atoms with Crippen LogP contribution in [0.3, 0.4) is 0 Å². The first-order chi connectivity index (χ1) is 12.5. The van der Waals surface area contributed by atoms with Gasteiger partial charge in [0, 0.05) is 12.0 Å². The van der Waals surface area contributed by atoms with Gasteiger partial charge in [0.15, 0.2) is 0 Å². The predicted molar refractivity (Wildman–Crippen MR) is 92.8 cm³/mol. The summed E-state index contributed by atoms with van der Waals surface area (Å²) in [5.41, 5.74) is -5.92. The van der Waals surface area contributed by atoms with E-state index in [4.69, 9.17) is 4.74 Å². The number of alkyl halides is 3. The highest BCUT2D eigenvalue weighted by atomic mass is 32.2. The Morgan fingerprint density at radius 1 is 1.15 bits per heavy atom. The van der Waals surface area contributed by atoms with Gasteiger partial charge in [-0.05, 0) is 73.7 Å². The molecule has 2 saturated carbocycles. The predicted octanol–water partition coefficient (Wildman–Crippen LogP) is 4.63. The normalized spacial score (nSPS) is 44.7. The van der Waals surface area contributed by atoms with E-state index in [0.717, 1.165) is 38.9 Å². The lowest BCUT2D eigenvalue weighted by Gasteiger charge is -2.59. The van der Waals surface area contributed by atoms with Gasteiger partial charge in [-0.2, -0.15) is 21.6 Å². The molecule has 0 aromatic carbocycles. The molecule has 4 nitrogen and oxygen atoms in total. The lowest BCUT2D eigenvalue weighted by molar-refractivity contribution is -0.150. The molecule has 0 bridgehead atoms. The smallest absolute Gasteiger partial charge is 0.381 e. The van der Waals surface area contributed by atoms with Gasteiger partial charge in [-0.25, -0.2) is 0 Å². The van der Waals surface area contributed by atoms with Gasteiger partial charge in [0.25, 0.3) is 0 Å². The summed E-state index contributed by atoms with van der Waals surface area (Å²) in [5.74, 6) is 1.62. The quantitative estimate of drug-likeness (QED) is 0.494. The second-order valence-corrected chi connectivity index (χ2v) is 10.8. The van der Waals surface area contributed by atoms with Crippen molar-refractivity contribution in [3.8, 4) is 0 Å². The van der Waals surface area contributed by atoms with Crippen molar-refractivity contribution in [2.75, 3.05) is 13.2 Å². The summed E-state index contributed by atoms with van der Waals surface area (Å²) >= 11 is 0. The van der Waals surface area contributed by atoms with Crippen LogP contribution in [0.1, 0.15) is 52.4 Å². The van der Waals surface area contributed by atoms with Crippen LogP contribution < -0.4 is 0 Å². The van der Waals surface area contributed by atoms with E-state index in [2.05, 4.69) is 11.1 Å². The average molecular weight is 408 g/mol. The molecule has 8 heteroatoms. The Hall–Kier alpha value is -0.760. The van der Waals surface area contributed by atoms with Crippen molar-refractivity contribution in [2.24, 2.45) is 34.5 Å². The molecule has 0 N–H and O–H groups in total. The van der Waals surface area contributed by atoms with Crippen LogP contribution in [0.4, 0.5) is 13.2 Å². The molecule has 0 radical (unpaired) electrons. The summed E-state index contributed by atoms with van der Waals surface area (Å²) in [6, 6.07) is 0. The standard InChI is InChI=1S/C19H27F3O4S/c1-17-9-7-15-13(4-3-12-8-10-25-11-18(12,15)2)14(17)5-6-16(17)26-27(23,24)19(20,21)22/h6,12-15H,3-5,7-11H2,1-2H3/t12-,13-,14-,15-,17-,18-/m0/s1. The number of hydrogen-bond donors (Lipinski definition) is 0. The van der Waals surface area contributed by atoms with E-state index in [0.29, 0.717) is 30.6 Å². The van der Waals surface area contributed by atoms with Crippen LogP contribution in [0.2, 0.25) is 0 Å². The Morgan fingerprint density at radius 2 is 1.89 bits per heavy atom. The summed E-state index contributed by atoms with van der Waals surface area (Å²) in [7, 11) is -5.62. The Kier molecular flexibility index (Phi) is 4.43. The van der Waals surface area contributed by atoms with Gasteiger partial charge in [0.1, 0.15) is 5.76 Å². The van der Waals surface area contributed by atoms with Crippen molar-refractivity contribution < 1.29 is 30.5 Å². The van der Waals surface area contributed by atoms with Crippen LogP contribution in [-0.4, -0.2) is 27.1 Å². The molecule has 1 heterocycles. The Bertz CT molecular complexity index is 747. The zero-order chi connectivity index (χ0) is 19.7. The van der Waals surface area contributed by atoms with Crippen molar-refractivity contribution in [2.45, 2.75) is 57.9 Å². The molecular formula is C19H27F3O4S. The van der Waals surface area contributed by atoms with Crippen molar-refractivity contribution in [1.29, 1.82) is 0 Å².